The molecule has 0 aliphatic heterocycles. The van der Waals surface area contributed by atoms with Crippen LogP contribution >= 0.6 is 0 Å². The SMILES string of the molecule is CC(C)(C)NC(=O)Nc1ccc(F)cc1[N+](=O)[O-]. The molecule has 2 amide bonds. The van der Waals surface area contributed by atoms with E-state index in [2.05, 4.69) is 10.6 Å². The van der Waals surface area contributed by atoms with Crippen molar-refractivity contribution in [3.63, 3.8) is 0 Å². The summed E-state index contributed by atoms with van der Waals surface area (Å²) in [6.45, 7) is 5.31. The lowest BCUT2D eigenvalue weighted by Gasteiger charge is -2.20. The van der Waals surface area contributed by atoms with Crippen LogP contribution in [0.3, 0.4) is 0 Å². The van der Waals surface area contributed by atoms with E-state index in [9.17, 15) is 19.3 Å². The number of nitrogens with one attached hydrogen (secondary N) is 2. The van der Waals surface area contributed by atoms with Crippen molar-refractivity contribution in [3.05, 3.63) is 34.1 Å². The molecule has 18 heavy (non-hydrogen) atoms. The number of nitrogens with zero attached hydrogens (tertiary/aromatic N) is 1. The van der Waals surface area contributed by atoms with Gasteiger partial charge in [0.15, 0.2) is 0 Å². The van der Waals surface area contributed by atoms with E-state index in [0.29, 0.717) is 0 Å². The third kappa shape index (κ3) is 4.00. The number of nitro groups is 1. The number of benzene rings is 1. The van der Waals surface area contributed by atoms with Crippen LogP contribution in [0.4, 0.5) is 20.6 Å². The van der Waals surface area contributed by atoms with Crippen LogP contribution in [-0.2, 0) is 0 Å². The number of hydrogen-bond donors (Lipinski definition) is 2. The normalized spacial score (nSPS) is 10.9. The van der Waals surface area contributed by atoms with Crippen LogP contribution < -0.4 is 10.6 Å². The Balaban J connectivity index is 2.91. The van der Waals surface area contributed by atoms with E-state index in [1.807, 2.05) is 0 Å². The molecular weight excluding hydrogens is 241 g/mol. The fourth-order valence-electron chi connectivity index (χ4n) is 1.26. The van der Waals surface area contributed by atoms with Gasteiger partial charge in [-0.3, -0.25) is 10.1 Å². The highest BCUT2D eigenvalue weighted by molar-refractivity contribution is 5.92. The zero-order valence-corrected chi connectivity index (χ0v) is 10.3. The number of rotatable bonds is 2. The summed E-state index contributed by atoms with van der Waals surface area (Å²) in [5.74, 6) is -0.733. The van der Waals surface area contributed by atoms with E-state index >= 15 is 0 Å². The minimum atomic E-state index is -0.754. The van der Waals surface area contributed by atoms with Crippen LogP contribution in [0.5, 0.6) is 0 Å². The summed E-state index contributed by atoms with van der Waals surface area (Å²) in [6.07, 6.45) is 0. The smallest absolute Gasteiger partial charge is 0.319 e. The highest BCUT2D eigenvalue weighted by Gasteiger charge is 2.19. The second-order valence-corrected chi connectivity index (χ2v) is 4.75. The van der Waals surface area contributed by atoms with Gasteiger partial charge in [-0.25, -0.2) is 9.18 Å². The molecule has 0 saturated heterocycles. The molecule has 0 aliphatic rings. The summed E-state index contributed by atoms with van der Waals surface area (Å²) in [5.41, 5.74) is -1.01. The highest BCUT2D eigenvalue weighted by Crippen LogP contribution is 2.24. The second-order valence-electron chi connectivity index (χ2n) is 4.75. The Hall–Kier alpha value is -2.18. The Bertz CT molecular complexity index is 483. The molecule has 0 aromatic heterocycles. The van der Waals surface area contributed by atoms with E-state index in [0.717, 1.165) is 18.2 Å². The van der Waals surface area contributed by atoms with Crippen molar-refractivity contribution in [1.82, 2.24) is 5.32 Å². The van der Waals surface area contributed by atoms with Crippen molar-refractivity contribution < 1.29 is 14.1 Å². The van der Waals surface area contributed by atoms with Gasteiger partial charge in [0.05, 0.1) is 11.0 Å². The first-order valence-electron chi connectivity index (χ1n) is 5.22. The quantitative estimate of drug-likeness (QED) is 0.629. The molecule has 0 atom stereocenters. The van der Waals surface area contributed by atoms with Gasteiger partial charge in [-0.1, -0.05) is 0 Å². The summed E-state index contributed by atoms with van der Waals surface area (Å²) < 4.78 is 12.9. The molecule has 0 aliphatic carbocycles. The van der Waals surface area contributed by atoms with Gasteiger partial charge >= 0.3 is 6.03 Å². The lowest BCUT2D eigenvalue weighted by molar-refractivity contribution is -0.384. The molecule has 0 spiro atoms. The van der Waals surface area contributed by atoms with Crippen molar-refractivity contribution in [3.8, 4) is 0 Å². The molecule has 1 aromatic carbocycles. The molecule has 1 aromatic rings. The molecule has 0 bridgehead atoms. The Morgan fingerprint density at radius 1 is 1.39 bits per heavy atom. The maximum atomic E-state index is 12.9. The van der Waals surface area contributed by atoms with Crippen LogP contribution in [0.25, 0.3) is 0 Å². The predicted octanol–water partition coefficient (Wildman–Crippen LogP) is 2.65. The minimum absolute atomic E-state index is 0.0526. The fourth-order valence-corrected chi connectivity index (χ4v) is 1.26. The zero-order valence-electron chi connectivity index (χ0n) is 10.3. The van der Waals surface area contributed by atoms with Gasteiger partial charge in [0.1, 0.15) is 11.5 Å². The van der Waals surface area contributed by atoms with E-state index in [4.69, 9.17) is 0 Å². The molecule has 7 heteroatoms. The first-order chi connectivity index (χ1) is 8.19. The predicted molar refractivity (Wildman–Crippen MR) is 65.0 cm³/mol. The molecule has 0 radical (unpaired) electrons. The van der Waals surface area contributed by atoms with E-state index in [-0.39, 0.29) is 5.69 Å². The molecular formula is C11H14FN3O3. The molecule has 2 N–H and O–H groups in total. The van der Waals surface area contributed by atoms with Crippen molar-refractivity contribution in [2.24, 2.45) is 0 Å². The second kappa shape index (κ2) is 4.99. The molecule has 0 saturated carbocycles. The zero-order chi connectivity index (χ0) is 13.9. The molecule has 6 nitrogen and oxygen atoms in total. The fraction of sp³-hybridized carbons (Fsp3) is 0.364. The third-order valence-electron chi connectivity index (χ3n) is 1.89. The van der Waals surface area contributed by atoms with Gasteiger partial charge in [-0.2, -0.15) is 0 Å². The van der Waals surface area contributed by atoms with Crippen molar-refractivity contribution in [1.29, 1.82) is 0 Å². The summed E-state index contributed by atoms with van der Waals surface area (Å²) in [7, 11) is 0. The number of carbonyl (C=O) groups is 1. The Kier molecular flexibility index (Phi) is 3.85. The Labute approximate surface area is 103 Å². The topological polar surface area (TPSA) is 84.3 Å². The summed E-state index contributed by atoms with van der Waals surface area (Å²) in [4.78, 5) is 21.5. The van der Waals surface area contributed by atoms with Crippen LogP contribution in [0.2, 0.25) is 0 Å². The molecule has 0 fully saturated rings. The number of carbonyl (C=O) groups excluding carboxylic acids is 1. The van der Waals surface area contributed by atoms with E-state index < -0.39 is 28.0 Å². The summed E-state index contributed by atoms with van der Waals surface area (Å²) in [5, 5.41) is 15.6. The van der Waals surface area contributed by atoms with Gasteiger partial charge in [-0.05, 0) is 32.9 Å². The van der Waals surface area contributed by atoms with Gasteiger partial charge in [0.25, 0.3) is 5.69 Å². The monoisotopic (exact) mass is 255 g/mol. The van der Waals surface area contributed by atoms with Crippen LogP contribution in [-0.4, -0.2) is 16.5 Å². The Morgan fingerprint density at radius 3 is 2.50 bits per heavy atom. The number of nitro benzene ring substituents is 1. The van der Waals surface area contributed by atoms with Gasteiger partial charge in [0, 0.05) is 5.54 Å². The van der Waals surface area contributed by atoms with E-state index in [1.165, 1.54) is 0 Å². The van der Waals surface area contributed by atoms with Gasteiger partial charge < -0.3 is 10.6 Å². The van der Waals surface area contributed by atoms with Gasteiger partial charge in [-0.15, -0.1) is 0 Å². The molecule has 98 valence electrons. The maximum absolute atomic E-state index is 12.9. The van der Waals surface area contributed by atoms with E-state index in [1.54, 1.807) is 20.8 Å². The molecule has 0 unspecified atom stereocenters. The molecule has 1 rings (SSSR count). The van der Waals surface area contributed by atoms with Crippen LogP contribution in [0.1, 0.15) is 20.8 Å². The largest absolute Gasteiger partial charge is 0.333 e. The maximum Gasteiger partial charge on any atom is 0.319 e. The average Bonchev–Trinajstić information content (AvgIpc) is 2.17. The lowest BCUT2D eigenvalue weighted by atomic mass is 10.1. The third-order valence-corrected chi connectivity index (χ3v) is 1.89. The van der Waals surface area contributed by atoms with Crippen molar-refractivity contribution >= 4 is 17.4 Å². The first-order valence-corrected chi connectivity index (χ1v) is 5.22. The van der Waals surface area contributed by atoms with Gasteiger partial charge in [0.2, 0.25) is 0 Å². The molecule has 0 heterocycles. The first kappa shape index (κ1) is 13.9. The number of urea groups is 1. The Morgan fingerprint density at radius 2 is 2.00 bits per heavy atom. The summed E-state index contributed by atoms with van der Waals surface area (Å²) in [6, 6.07) is 2.36. The summed E-state index contributed by atoms with van der Waals surface area (Å²) >= 11 is 0. The highest BCUT2D eigenvalue weighted by atomic mass is 19.1. The van der Waals surface area contributed by atoms with Crippen molar-refractivity contribution in [2.75, 3.05) is 5.32 Å². The standard InChI is InChI=1S/C11H14FN3O3/c1-11(2,3)14-10(16)13-8-5-4-7(12)6-9(8)15(17)18/h4-6H,1-3H3,(H2,13,14,16). The number of anilines is 1. The number of halogens is 1. The minimum Gasteiger partial charge on any atom is -0.333 e. The van der Waals surface area contributed by atoms with Crippen LogP contribution in [0, 0.1) is 15.9 Å². The number of amides is 2. The van der Waals surface area contributed by atoms with Crippen LogP contribution in [0.15, 0.2) is 18.2 Å². The average molecular weight is 255 g/mol. The number of hydrogen-bond acceptors (Lipinski definition) is 3. The lowest BCUT2D eigenvalue weighted by Crippen LogP contribution is -2.43. The van der Waals surface area contributed by atoms with Crippen molar-refractivity contribution in [2.45, 2.75) is 26.3 Å².